The number of aromatic nitrogens is 1. The molecular weight excluding hydrogens is 192 g/mol. The maximum Gasteiger partial charge on any atom is 0.306 e. The Kier molecular flexibility index (Phi) is 3.06. The maximum absolute atomic E-state index is 10.6. The molecule has 0 aromatic carbocycles. The van der Waals surface area contributed by atoms with Crippen LogP contribution in [0.25, 0.3) is 0 Å². The lowest BCUT2D eigenvalue weighted by Gasteiger charge is -2.02. The Balaban J connectivity index is 1.55. The summed E-state index contributed by atoms with van der Waals surface area (Å²) < 4.78 is 0. The summed E-state index contributed by atoms with van der Waals surface area (Å²) in [4.78, 5) is 13.7. The van der Waals surface area contributed by atoms with Crippen LogP contribution >= 0.6 is 0 Å². The zero-order valence-corrected chi connectivity index (χ0v) is 8.57. The fourth-order valence-corrected chi connectivity index (χ4v) is 1.81. The first-order valence-corrected chi connectivity index (χ1v) is 5.33. The smallest absolute Gasteiger partial charge is 0.306 e. The fraction of sp³-hybridized carbons (Fsp3) is 0.545. The van der Waals surface area contributed by atoms with E-state index in [1.165, 1.54) is 5.69 Å². The number of rotatable bonds is 6. The fourth-order valence-electron chi connectivity index (χ4n) is 1.81. The molecule has 0 bridgehead atoms. The third-order valence-electron chi connectivity index (χ3n) is 2.88. The van der Waals surface area contributed by atoms with Gasteiger partial charge in [-0.25, -0.2) is 0 Å². The summed E-state index contributed by atoms with van der Waals surface area (Å²) in [6.45, 7) is 1.74. The van der Waals surface area contributed by atoms with Crippen molar-refractivity contribution in [3.8, 4) is 0 Å². The van der Waals surface area contributed by atoms with Crippen LogP contribution in [0.15, 0.2) is 18.3 Å². The van der Waals surface area contributed by atoms with E-state index in [-0.39, 0.29) is 5.92 Å². The van der Waals surface area contributed by atoms with E-state index in [4.69, 9.17) is 5.11 Å². The summed E-state index contributed by atoms with van der Waals surface area (Å²) in [5.41, 5.74) is 1.22. The van der Waals surface area contributed by atoms with Crippen molar-refractivity contribution in [1.82, 2.24) is 10.3 Å². The summed E-state index contributed by atoms with van der Waals surface area (Å²) in [6, 6.07) is 4.04. The molecule has 0 spiro atoms. The van der Waals surface area contributed by atoms with Crippen molar-refractivity contribution in [2.45, 2.75) is 12.8 Å². The summed E-state index contributed by atoms with van der Waals surface area (Å²) in [5.74, 6) is -0.389. The van der Waals surface area contributed by atoms with E-state index in [2.05, 4.69) is 16.4 Å². The van der Waals surface area contributed by atoms with Gasteiger partial charge in [-0.3, -0.25) is 4.79 Å². The van der Waals surface area contributed by atoms with Gasteiger partial charge in [0, 0.05) is 18.4 Å². The Bertz CT molecular complexity index is 321. The van der Waals surface area contributed by atoms with E-state index in [0.717, 1.165) is 25.9 Å². The first kappa shape index (κ1) is 10.2. The van der Waals surface area contributed by atoms with Gasteiger partial charge < -0.3 is 15.4 Å². The average Bonchev–Trinajstić information content (AvgIpc) is 2.80. The third-order valence-corrected chi connectivity index (χ3v) is 2.88. The van der Waals surface area contributed by atoms with Crippen LogP contribution in [0.4, 0.5) is 0 Å². The Labute approximate surface area is 88.7 Å². The predicted molar refractivity (Wildman–Crippen MR) is 56.6 cm³/mol. The summed E-state index contributed by atoms with van der Waals surface area (Å²) >= 11 is 0. The molecule has 2 unspecified atom stereocenters. The molecule has 1 fully saturated rings. The van der Waals surface area contributed by atoms with Crippen molar-refractivity contribution in [3.05, 3.63) is 24.0 Å². The highest BCUT2D eigenvalue weighted by molar-refractivity contribution is 5.73. The van der Waals surface area contributed by atoms with Gasteiger partial charge in [0.25, 0.3) is 0 Å². The molecular formula is C11H16N2O2. The van der Waals surface area contributed by atoms with Crippen molar-refractivity contribution in [2.24, 2.45) is 11.8 Å². The third kappa shape index (κ3) is 2.83. The van der Waals surface area contributed by atoms with Gasteiger partial charge in [0.1, 0.15) is 0 Å². The molecule has 1 aromatic heterocycles. The highest BCUT2D eigenvalue weighted by Crippen LogP contribution is 2.37. The number of hydrogen-bond acceptors (Lipinski definition) is 2. The molecule has 1 aliphatic rings. The monoisotopic (exact) mass is 208 g/mol. The molecule has 1 aromatic rings. The van der Waals surface area contributed by atoms with Gasteiger partial charge in [-0.15, -0.1) is 0 Å². The van der Waals surface area contributed by atoms with Crippen LogP contribution in [0.2, 0.25) is 0 Å². The number of carboxylic acid groups (broad SMARTS) is 1. The normalized spacial score (nSPS) is 24.0. The number of aromatic amines is 1. The molecule has 0 aliphatic heterocycles. The number of carbonyl (C=O) groups is 1. The lowest BCUT2D eigenvalue weighted by molar-refractivity contribution is -0.138. The van der Waals surface area contributed by atoms with Crippen molar-refractivity contribution in [2.75, 3.05) is 13.1 Å². The van der Waals surface area contributed by atoms with Crippen molar-refractivity contribution >= 4 is 5.97 Å². The first-order valence-electron chi connectivity index (χ1n) is 5.33. The second-order valence-corrected chi connectivity index (χ2v) is 4.09. The number of hydrogen-bond donors (Lipinski definition) is 3. The van der Waals surface area contributed by atoms with Crippen molar-refractivity contribution in [3.63, 3.8) is 0 Å². The summed E-state index contributed by atoms with van der Waals surface area (Å²) in [6.07, 6.45) is 3.72. The molecule has 1 heterocycles. The van der Waals surface area contributed by atoms with E-state index in [1.807, 2.05) is 12.3 Å². The molecule has 1 aliphatic carbocycles. The van der Waals surface area contributed by atoms with Crippen LogP contribution in [-0.2, 0) is 11.2 Å². The molecule has 0 radical (unpaired) electrons. The molecule has 82 valence electrons. The highest BCUT2D eigenvalue weighted by Gasteiger charge is 2.42. The topological polar surface area (TPSA) is 65.1 Å². The van der Waals surface area contributed by atoms with E-state index >= 15 is 0 Å². The zero-order chi connectivity index (χ0) is 10.7. The lowest BCUT2D eigenvalue weighted by Crippen LogP contribution is -2.21. The number of nitrogens with one attached hydrogen (secondary N) is 2. The number of H-pyrrole nitrogens is 1. The second kappa shape index (κ2) is 4.49. The van der Waals surface area contributed by atoms with Crippen LogP contribution < -0.4 is 5.32 Å². The molecule has 4 nitrogen and oxygen atoms in total. The van der Waals surface area contributed by atoms with Gasteiger partial charge in [0.15, 0.2) is 0 Å². The van der Waals surface area contributed by atoms with Crippen molar-refractivity contribution in [1.29, 1.82) is 0 Å². The minimum atomic E-state index is -0.647. The molecule has 4 heteroatoms. The molecule has 1 saturated carbocycles. The average molecular weight is 208 g/mol. The minimum absolute atomic E-state index is 0.0945. The van der Waals surface area contributed by atoms with Gasteiger partial charge in [-0.1, -0.05) is 0 Å². The molecule has 0 amide bonds. The van der Waals surface area contributed by atoms with E-state index in [1.54, 1.807) is 0 Å². The Morgan fingerprint density at radius 3 is 3.13 bits per heavy atom. The maximum atomic E-state index is 10.6. The predicted octanol–water partition coefficient (Wildman–Crippen LogP) is 0.867. The van der Waals surface area contributed by atoms with Gasteiger partial charge in [-0.05, 0) is 37.4 Å². The standard InChI is InChI=1S/C11H16N2O2/c14-11(15)10-6-8(10)7-12-5-3-9-2-1-4-13-9/h1-2,4,8,10,12-13H,3,5-7H2,(H,14,15). The largest absolute Gasteiger partial charge is 0.481 e. The lowest BCUT2D eigenvalue weighted by atomic mass is 10.3. The Morgan fingerprint density at radius 1 is 1.67 bits per heavy atom. The summed E-state index contributed by atoms with van der Waals surface area (Å²) in [5, 5.41) is 12.0. The highest BCUT2D eigenvalue weighted by atomic mass is 16.4. The van der Waals surface area contributed by atoms with Gasteiger partial charge in [0.05, 0.1) is 5.92 Å². The molecule has 3 N–H and O–H groups in total. The second-order valence-electron chi connectivity index (χ2n) is 4.09. The van der Waals surface area contributed by atoms with Crippen LogP contribution in [0.5, 0.6) is 0 Å². The van der Waals surface area contributed by atoms with Gasteiger partial charge >= 0.3 is 5.97 Å². The minimum Gasteiger partial charge on any atom is -0.481 e. The molecule has 0 saturated heterocycles. The van der Waals surface area contributed by atoms with Crippen LogP contribution in [0, 0.1) is 11.8 Å². The van der Waals surface area contributed by atoms with Gasteiger partial charge in [0.2, 0.25) is 0 Å². The van der Waals surface area contributed by atoms with Crippen LogP contribution in [0.1, 0.15) is 12.1 Å². The Morgan fingerprint density at radius 2 is 2.53 bits per heavy atom. The SMILES string of the molecule is O=C(O)C1CC1CNCCc1ccc[nH]1. The van der Waals surface area contributed by atoms with Crippen LogP contribution in [0.3, 0.4) is 0 Å². The number of aliphatic carboxylic acids is 1. The summed E-state index contributed by atoms with van der Waals surface area (Å²) in [7, 11) is 0. The molecule has 15 heavy (non-hydrogen) atoms. The van der Waals surface area contributed by atoms with E-state index in [9.17, 15) is 4.79 Å². The van der Waals surface area contributed by atoms with Crippen molar-refractivity contribution < 1.29 is 9.90 Å². The van der Waals surface area contributed by atoms with E-state index < -0.39 is 5.97 Å². The van der Waals surface area contributed by atoms with Gasteiger partial charge in [-0.2, -0.15) is 0 Å². The zero-order valence-electron chi connectivity index (χ0n) is 8.57. The first-order chi connectivity index (χ1) is 7.27. The Hall–Kier alpha value is -1.29. The van der Waals surface area contributed by atoms with E-state index in [0.29, 0.717) is 5.92 Å². The van der Waals surface area contributed by atoms with Crippen LogP contribution in [-0.4, -0.2) is 29.1 Å². The number of carboxylic acids is 1. The molecule has 2 rings (SSSR count). The molecule has 2 atom stereocenters. The quantitative estimate of drug-likeness (QED) is 0.608.